The Bertz CT molecular complexity index is 969. The molecule has 1 N–H and O–H groups in total. The second kappa shape index (κ2) is 7.33. The van der Waals surface area contributed by atoms with Gasteiger partial charge in [0.15, 0.2) is 11.7 Å². The SMILES string of the molecule is CCCN1C(=O)N2C[C@H](C(C)(C)C)N=C2c2[nH]c(C3CCN(S(C)(=O)=O)CC3)nc21. The summed E-state index contributed by atoms with van der Waals surface area (Å²) in [5, 5.41) is 0. The quantitative estimate of drug-likeness (QED) is 0.783. The fourth-order valence-corrected chi connectivity index (χ4v) is 5.28. The van der Waals surface area contributed by atoms with E-state index in [1.54, 1.807) is 9.80 Å². The molecule has 0 unspecified atom stereocenters. The van der Waals surface area contributed by atoms with Crippen LogP contribution in [-0.4, -0.2) is 77.9 Å². The molecule has 30 heavy (non-hydrogen) atoms. The lowest BCUT2D eigenvalue weighted by molar-refractivity contribution is 0.220. The molecule has 0 aliphatic carbocycles. The first kappa shape index (κ1) is 21.3. The number of hydrogen-bond acceptors (Lipinski definition) is 5. The molecule has 3 aliphatic rings. The van der Waals surface area contributed by atoms with Crippen molar-refractivity contribution in [2.75, 3.05) is 37.3 Å². The number of aromatic amines is 1. The normalized spacial score (nSPS) is 23.6. The van der Waals surface area contributed by atoms with Crippen molar-refractivity contribution in [3.05, 3.63) is 11.5 Å². The van der Waals surface area contributed by atoms with Crippen molar-refractivity contribution in [2.45, 2.75) is 58.9 Å². The Balaban J connectivity index is 1.67. The molecule has 0 radical (unpaired) electrons. The van der Waals surface area contributed by atoms with Gasteiger partial charge in [-0.25, -0.2) is 22.5 Å². The first-order valence-electron chi connectivity index (χ1n) is 10.7. The summed E-state index contributed by atoms with van der Waals surface area (Å²) in [6, 6.07) is -0.0181. The number of sulfonamides is 1. The Labute approximate surface area is 178 Å². The Morgan fingerprint density at radius 3 is 2.43 bits per heavy atom. The smallest absolute Gasteiger partial charge is 0.331 e. The summed E-state index contributed by atoms with van der Waals surface area (Å²) in [5.74, 6) is 2.31. The van der Waals surface area contributed by atoms with Gasteiger partial charge in [-0.05, 0) is 24.7 Å². The summed E-state index contributed by atoms with van der Waals surface area (Å²) >= 11 is 0. The van der Waals surface area contributed by atoms with Gasteiger partial charge in [0, 0.05) is 25.6 Å². The summed E-state index contributed by atoms with van der Waals surface area (Å²) in [7, 11) is -3.17. The number of nitrogens with one attached hydrogen (secondary N) is 1. The van der Waals surface area contributed by atoms with E-state index in [0.717, 1.165) is 17.9 Å². The van der Waals surface area contributed by atoms with Crippen LogP contribution >= 0.6 is 0 Å². The number of aliphatic imine (C=N–C) groups is 1. The Morgan fingerprint density at radius 2 is 1.87 bits per heavy atom. The molecule has 1 aromatic rings. The number of urea groups is 1. The zero-order valence-electron chi connectivity index (χ0n) is 18.5. The number of carbonyl (C=O) groups excluding carboxylic acids is 1. The van der Waals surface area contributed by atoms with Gasteiger partial charge in [0.1, 0.15) is 11.5 Å². The number of aromatic nitrogens is 2. The second-order valence-corrected chi connectivity index (χ2v) is 11.6. The van der Waals surface area contributed by atoms with Crippen LogP contribution in [0, 0.1) is 5.41 Å². The molecule has 1 atom stereocenters. The average Bonchev–Trinajstić information content (AvgIpc) is 3.29. The van der Waals surface area contributed by atoms with E-state index < -0.39 is 10.0 Å². The molecule has 9 nitrogen and oxygen atoms in total. The number of H-pyrrole nitrogens is 1. The van der Waals surface area contributed by atoms with Gasteiger partial charge < -0.3 is 4.98 Å². The minimum absolute atomic E-state index is 0.0376. The number of amidine groups is 1. The maximum Gasteiger partial charge on any atom is 0.331 e. The van der Waals surface area contributed by atoms with E-state index in [1.807, 2.05) is 6.92 Å². The maximum atomic E-state index is 13.2. The zero-order chi connectivity index (χ0) is 21.8. The summed E-state index contributed by atoms with van der Waals surface area (Å²) in [6.45, 7) is 10.6. The number of fused-ring (bicyclic) bond motifs is 3. The molecule has 1 saturated heterocycles. The zero-order valence-corrected chi connectivity index (χ0v) is 19.3. The third-order valence-electron chi connectivity index (χ3n) is 6.29. The van der Waals surface area contributed by atoms with Crippen molar-refractivity contribution in [1.82, 2.24) is 19.2 Å². The second-order valence-electron chi connectivity index (χ2n) is 9.64. The minimum atomic E-state index is -3.17. The molecule has 0 spiro atoms. The van der Waals surface area contributed by atoms with Gasteiger partial charge >= 0.3 is 6.03 Å². The number of anilines is 1. The largest absolute Gasteiger partial charge is 0.337 e. The number of imidazole rings is 1. The molecule has 1 fully saturated rings. The first-order chi connectivity index (χ1) is 14.0. The minimum Gasteiger partial charge on any atom is -0.337 e. The molecular weight excluding hydrogens is 404 g/mol. The lowest BCUT2D eigenvalue weighted by Gasteiger charge is -2.32. The van der Waals surface area contributed by atoms with E-state index in [0.29, 0.717) is 50.7 Å². The third kappa shape index (κ3) is 3.64. The van der Waals surface area contributed by atoms with Gasteiger partial charge in [-0.15, -0.1) is 0 Å². The molecule has 10 heteroatoms. The highest BCUT2D eigenvalue weighted by Crippen LogP contribution is 2.37. The van der Waals surface area contributed by atoms with Crippen molar-refractivity contribution in [2.24, 2.45) is 10.4 Å². The predicted octanol–water partition coefficient (Wildman–Crippen LogP) is 2.38. The summed E-state index contributed by atoms with van der Waals surface area (Å²) in [4.78, 5) is 30.0. The van der Waals surface area contributed by atoms with Crippen LogP contribution in [0.4, 0.5) is 10.6 Å². The molecule has 4 rings (SSSR count). The number of amides is 2. The highest BCUT2D eigenvalue weighted by atomic mass is 32.2. The standard InChI is InChI=1S/C20H32N6O3S/c1-6-9-25-18-15(17-21-14(20(2,3)4)12-26(17)19(25)27)22-16(23-18)13-7-10-24(11-8-13)30(5,28)29/h13-14H,6-12H2,1-5H3,(H,22,23)/t14-/m1/s1. The topological polar surface area (TPSA) is 102 Å². The van der Waals surface area contributed by atoms with Crippen LogP contribution in [0.3, 0.4) is 0 Å². The molecule has 4 heterocycles. The molecule has 0 bridgehead atoms. The van der Waals surface area contributed by atoms with Gasteiger partial charge in [-0.1, -0.05) is 27.7 Å². The highest BCUT2D eigenvalue weighted by molar-refractivity contribution is 7.88. The van der Waals surface area contributed by atoms with Crippen LogP contribution in [0.25, 0.3) is 0 Å². The number of rotatable bonds is 4. The molecule has 0 saturated carbocycles. The van der Waals surface area contributed by atoms with E-state index in [2.05, 4.69) is 25.8 Å². The van der Waals surface area contributed by atoms with E-state index in [1.165, 1.54) is 10.6 Å². The molecule has 2 amide bonds. The Morgan fingerprint density at radius 1 is 1.20 bits per heavy atom. The monoisotopic (exact) mass is 436 g/mol. The van der Waals surface area contributed by atoms with Crippen LogP contribution in [-0.2, 0) is 10.0 Å². The Kier molecular flexibility index (Phi) is 5.21. The van der Waals surface area contributed by atoms with Crippen molar-refractivity contribution in [1.29, 1.82) is 0 Å². The number of nitrogens with zero attached hydrogens (tertiary/aromatic N) is 5. The lowest BCUT2D eigenvalue weighted by atomic mass is 9.87. The van der Waals surface area contributed by atoms with Gasteiger partial charge in [0.2, 0.25) is 10.0 Å². The molecule has 1 aromatic heterocycles. The lowest BCUT2D eigenvalue weighted by Crippen LogP contribution is -2.51. The summed E-state index contributed by atoms with van der Waals surface area (Å²) < 4.78 is 25.2. The van der Waals surface area contributed by atoms with E-state index in [-0.39, 0.29) is 23.4 Å². The van der Waals surface area contributed by atoms with Crippen LogP contribution in [0.15, 0.2) is 4.99 Å². The first-order valence-corrected chi connectivity index (χ1v) is 12.6. The molecule has 3 aliphatic heterocycles. The Hall–Kier alpha value is -1.94. The highest BCUT2D eigenvalue weighted by Gasteiger charge is 2.45. The fourth-order valence-electron chi connectivity index (χ4n) is 4.40. The fraction of sp³-hybridized carbons (Fsp3) is 0.750. The van der Waals surface area contributed by atoms with E-state index in [9.17, 15) is 13.2 Å². The van der Waals surface area contributed by atoms with E-state index in [4.69, 9.17) is 9.98 Å². The number of piperidine rings is 1. The van der Waals surface area contributed by atoms with Crippen molar-refractivity contribution >= 4 is 27.7 Å². The maximum absolute atomic E-state index is 13.2. The molecule has 166 valence electrons. The molecule has 0 aromatic carbocycles. The van der Waals surface area contributed by atoms with Crippen LogP contribution in [0.1, 0.15) is 64.4 Å². The predicted molar refractivity (Wildman–Crippen MR) is 116 cm³/mol. The van der Waals surface area contributed by atoms with E-state index >= 15 is 0 Å². The number of carbonyl (C=O) groups is 1. The van der Waals surface area contributed by atoms with Gasteiger partial charge in [0.05, 0.1) is 18.8 Å². The molecular formula is C20H32N6O3S. The number of hydrogen-bond donors (Lipinski definition) is 1. The van der Waals surface area contributed by atoms with Crippen LogP contribution in [0.2, 0.25) is 0 Å². The summed E-state index contributed by atoms with van der Waals surface area (Å²) in [5.41, 5.74) is 0.775. The van der Waals surface area contributed by atoms with Gasteiger partial charge in [-0.3, -0.25) is 14.8 Å². The van der Waals surface area contributed by atoms with Gasteiger partial charge in [0.25, 0.3) is 0 Å². The van der Waals surface area contributed by atoms with Crippen LogP contribution < -0.4 is 4.90 Å². The van der Waals surface area contributed by atoms with Crippen molar-refractivity contribution in [3.63, 3.8) is 0 Å². The third-order valence-corrected chi connectivity index (χ3v) is 7.59. The van der Waals surface area contributed by atoms with Crippen LogP contribution in [0.5, 0.6) is 0 Å². The summed E-state index contributed by atoms with van der Waals surface area (Å²) in [6.07, 6.45) is 3.51. The van der Waals surface area contributed by atoms with Gasteiger partial charge in [-0.2, -0.15) is 0 Å². The van der Waals surface area contributed by atoms with Crippen molar-refractivity contribution < 1.29 is 13.2 Å². The average molecular weight is 437 g/mol. The van der Waals surface area contributed by atoms with Crippen molar-refractivity contribution in [3.8, 4) is 0 Å².